The van der Waals surface area contributed by atoms with Crippen molar-refractivity contribution in [2.24, 2.45) is 23.7 Å². The average Bonchev–Trinajstić information content (AvgIpc) is 3.15. The number of carboxylic acid groups (broad SMARTS) is 1. The second-order valence-corrected chi connectivity index (χ2v) is 15.8. The van der Waals surface area contributed by atoms with Crippen molar-refractivity contribution < 1.29 is 99.2 Å². The number of hydrogen-bond donors (Lipinski definition) is 12. The maximum absolute atomic E-state index is 12.6. The van der Waals surface area contributed by atoms with E-state index in [1.807, 2.05) is 20.8 Å². The first kappa shape index (κ1) is 46.4. The van der Waals surface area contributed by atoms with Gasteiger partial charge < -0.3 is 94.4 Å². The smallest absolute Gasteiger partial charge is 0.364 e. The normalized spacial score (nSPS) is 45.2. The number of carboxylic acids is 1. The Balaban J connectivity index is 1.51. The third kappa shape index (κ3) is 10.3. The van der Waals surface area contributed by atoms with Gasteiger partial charge in [-0.05, 0) is 5.92 Å². The van der Waals surface area contributed by atoms with Crippen LogP contribution in [0.25, 0.3) is 0 Å². The van der Waals surface area contributed by atoms with Gasteiger partial charge >= 0.3 is 5.97 Å². The van der Waals surface area contributed by atoms with Gasteiger partial charge in [0.25, 0.3) is 5.79 Å². The number of rotatable bonds is 16. The van der Waals surface area contributed by atoms with Crippen LogP contribution in [0, 0.1) is 23.7 Å². The summed E-state index contributed by atoms with van der Waals surface area (Å²) >= 11 is 0. The van der Waals surface area contributed by atoms with Crippen molar-refractivity contribution >= 4 is 5.97 Å². The van der Waals surface area contributed by atoms with E-state index in [0.29, 0.717) is 0 Å². The molecular weight excluding hydrogens is 740 g/mol. The summed E-state index contributed by atoms with van der Waals surface area (Å²) in [6.07, 6.45) is -23.5. The Labute approximate surface area is 319 Å². The summed E-state index contributed by atoms with van der Waals surface area (Å²) in [5.41, 5.74) is 0. The fourth-order valence-corrected chi connectivity index (χ4v) is 7.89. The van der Waals surface area contributed by atoms with E-state index in [9.17, 15) is 66.1 Å². The van der Waals surface area contributed by atoms with E-state index in [-0.39, 0.29) is 24.7 Å². The molecule has 4 heterocycles. The van der Waals surface area contributed by atoms with Gasteiger partial charge in [-0.1, -0.05) is 34.6 Å². The molecule has 0 bridgehead atoms. The molecule has 0 aliphatic carbocycles. The lowest BCUT2D eigenvalue weighted by atomic mass is 9.84. The van der Waals surface area contributed by atoms with Gasteiger partial charge in [-0.2, -0.15) is 0 Å². The molecule has 12 N–H and O–H groups in total. The molecule has 4 rings (SSSR count). The van der Waals surface area contributed by atoms with Crippen molar-refractivity contribution in [1.82, 2.24) is 0 Å². The molecule has 322 valence electrons. The van der Waals surface area contributed by atoms with E-state index in [1.54, 1.807) is 6.92 Å². The lowest BCUT2D eigenvalue weighted by molar-refractivity contribution is -0.357. The van der Waals surface area contributed by atoms with E-state index in [4.69, 9.17) is 33.2 Å². The lowest BCUT2D eigenvalue weighted by Gasteiger charge is -2.48. The number of ether oxygens (including phenoxy) is 7. The molecule has 6 unspecified atom stereocenters. The molecule has 0 aromatic heterocycles. The molecule has 4 saturated heterocycles. The highest BCUT2D eigenvalue weighted by Gasteiger charge is 2.55. The molecule has 0 radical (unpaired) electrons. The molecule has 20 heteroatoms. The Morgan fingerprint density at radius 1 is 0.764 bits per heavy atom. The third-order valence-corrected chi connectivity index (χ3v) is 11.5. The Kier molecular flexibility index (Phi) is 16.6. The molecular formula is C35H62O20. The van der Waals surface area contributed by atoms with E-state index in [2.05, 4.69) is 0 Å². The molecule has 0 spiro atoms. The van der Waals surface area contributed by atoms with Crippen LogP contribution < -0.4 is 0 Å². The van der Waals surface area contributed by atoms with Crippen LogP contribution in [0.4, 0.5) is 0 Å². The van der Waals surface area contributed by atoms with E-state index >= 15 is 0 Å². The molecule has 21 atom stereocenters. The van der Waals surface area contributed by atoms with Crippen LogP contribution in [0.1, 0.15) is 53.9 Å². The fourth-order valence-electron chi connectivity index (χ4n) is 7.89. The SMILES string of the molecule is CC(C)[C@H]1OC(CO[C@]2(C(=O)O)C[C@@H](O)[C@@H](C)C([C@H](O)[C@H](O)CO)O2)C[C@H](O[C@@H]2OC(CO)[C@H](O)[C@H](O[C@@H]3C[C@@H](O)[C@@H](C)C([C@H](O)[C@H](O)CO)O3)C2O)C1C. The summed E-state index contributed by atoms with van der Waals surface area (Å²) in [4.78, 5) is 12.6. The van der Waals surface area contributed by atoms with Crippen molar-refractivity contribution in [3.05, 3.63) is 0 Å². The summed E-state index contributed by atoms with van der Waals surface area (Å²) < 4.78 is 41.8. The molecule has 4 aliphatic heterocycles. The minimum atomic E-state index is -2.47. The predicted molar refractivity (Wildman–Crippen MR) is 182 cm³/mol. The van der Waals surface area contributed by atoms with Crippen molar-refractivity contribution in [2.75, 3.05) is 26.4 Å². The zero-order valence-corrected chi connectivity index (χ0v) is 31.7. The summed E-state index contributed by atoms with van der Waals surface area (Å²) in [5, 5.41) is 124. The molecule has 4 aliphatic rings. The quantitative estimate of drug-likeness (QED) is 0.0703. The van der Waals surface area contributed by atoms with E-state index in [1.165, 1.54) is 6.92 Å². The summed E-state index contributed by atoms with van der Waals surface area (Å²) in [6, 6.07) is 0. The van der Waals surface area contributed by atoms with Gasteiger partial charge in [0.2, 0.25) is 0 Å². The number of hydrogen-bond acceptors (Lipinski definition) is 19. The van der Waals surface area contributed by atoms with Crippen LogP contribution in [-0.2, 0) is 38.0 Å². The monoisotopic (exact) mass is 802 g/mol. The number of carbonyl (C=O) groups is 1. The van der Waals surface area contributed by atoms with Crippen LogP contribution in [-0.4, -0.2) is 204 Å². The first-order valence-electron chi connectivity index (χ1n) is 18.9. The summed E-state index contributed by atoms with van der Waals surface area (Å²) in [6.45, 7) is 5.90. The van der Waals surface area contributed by atoms with Gasteiger partial charge in [0, 0.05) is 37.0 Å². The van der Waals surface area contributed by atoms with Crippen LogP contribution in [0.2, 0.25) is 0 Å². The molecule has 0 aromatic carbocycles. The molecule has 0 amide bonds. The second-order valence-electron chi connectivity index (χ2n) is 15.8. The number of aliphatic hydroxyl groups excluding tert-OH is 11. The van der Waals surface area contributed by atoms with Gasteiger partial charge in [-0.15, -0.1) is 0 Å². The Morgan fingerprint density at radius 2 is 1.36 bits per heavy atom. The minimum Gasteiger partial charge on any atom is -0.477 e. The minimum absolute atomic E-state index is 0.0430. The standard InChI is InChI=1S/C35H62O20/c1-13(2)29-16(5)22(6-17(50-29)12-49-35(34(47)48)8-19(40)15(4)31(55-35)26(44)21(42)10-37)51-33-28(46)32(27(45)23(11-38)52-33)54-24-7-18(39)14(3)30(53-24)25(43)20(41)9-36/h13-33,36-46H,6-12H2,1-5H3,(H,47,48)/t14-,15-,16?,17?,18-,19-,20-,21-,22+,23?,24-,25-,26-,27+,28?,29-,30?,31?,32+,33-,35-/m1/s1. The van der Waals surface area contributed by atoms with Crippen LogP contribution >= 0.6 is 0 Å². The zero-order valence-electron chi connectivity index (χ0n) is 31.7. The molecule has 20 nitrogen and oxygen atoms in total. The van der Waals surface area contributed by atoms with Crippen molar-refractivity contribution in [3.63, 3.8) is 0 Å². The topological polar surface area (TPSA) is 324 Å². The van der Waals surface area contributed by atoms with Gasteiger partial charge in [0.05, 0.1) is 69.2 Å². The third-order valence-electron chi connectivity index (χ3n) is 11.5. The van der Waals surface area contributed by atoms with Crippen LogP contribution in [0.3, 0.4) is 0 Å². The highest BCUT2D eigenvalue weighted by atomic mass is 16.7. The molecule has 4 fully saturated rings. The predicted octanol–water partition coefficient (Wildman–Crippen LogP) is -4.23. The summed E-state index contributed by atoms with van der Waals surface area (Å²) in [5.74, 6) is -6.11. The fraction of sp³-hybridized carbons (Fsp3) is 0.971. The molecule has 0 aromatic rings. The Bertz CT molecular complexity index is 1200. The number of aliphatic hydroxyl groups is 11. The highest BCUT2D eigenvalue weighted by molar-refractivity contribution is 5.76. The maximum atomic E-state index is 12.6. The Morgan fingerprint density at radius 3 is 1.93 bits per heavy atom. The largest absolute Gasteiger partial charge is 0.477 e. The van der Waals surface area contributed by atoms with Crippen molar-refractivity contribution in [3.8, 4) is 0 Å². The first-order valence-corrected chi connectivity index (χ1v) is 18.9. The Hall–Kier alpha value is -1.25. The molecule has 0 saturated carbocycles. The summed E-state index contributed by atoms with van der Waals surface area (Å²) in [7, 11) is 0. The lowest BCUT2D eigenvalue weighted by Crippen LogP contribution is -2.63. The second kappa shape index (κ2) is 19.7. The highest BCUT2D eigenvalue weighted by Crippen LogP contribution is 2.40. The van der Waals surface area contributed by atoms with Gasteiger partial charge in [-0.25, -0.2) is 4.79 Å². The van der Waals surface area contributed by atoms with E-state index in [0.717, 1.165) is 0 Å². The average molecular weight is 803 g/mol. The van der Waals surface area contributed by atoms with Gasteiger partial charge in [0.1, 0.15) is 48.8 Å². The van der Waals surface area contributed by atoms with Gasteiger partial charge in [0.15, 0.2) is 12.6 Å². The number of aliphatic carboxylic acids is 1. The van der Waals surface area contributed by atoms with Gasteiger partial charge in [-0.3, -0.25) is 0 Å². The molecule has 55 heavy (non-hydrogen) atoms. The van der Waals surface area contributed by atoms with Crippen LogP contribution in [0.15, 0.2) is 0 Å². The first-order chi connectivity index (χ1) is 25.8. The van der Waals surface area contributed by atoms with Crippen LogP contribution in [0.5, 0.6) is 0 Å². The zero-order chi connectivity index (χ0) is 41.1. The van der Waals surface area contributed by atoms with Crippen molar-refractivity contribution in [2.45, 2.75) is 164 Å². The van der Waals surface area contributed by atoms with E-state index < -0.39 is 161 Å². The van der Waals surface area contributed by atoms with Crippen molar-refractivity contribution in [1.29, 1.82) is 0 Å². The maximum Gasteiger partial charge on any atom is 0.364 e.